The van der Waals surface area contributed by atoms with Crippen molar-refractivity contribution in [3.05, 3.63) is 0 Å². The van der Waals surface area contributed by atoms with Crippen LogP contribution in [0.3, 0.4) is 0 Å². The van der Waals surface area contributed by atoms with E-state index in [4.69, 9.17) is 34.4 Å². The number of unbranched alkanes of at least 4 members (excludes halogenated alkanes) is 1. The lowest BCUT2D eigenvalue weighted by atomic mass is 10.0. The van der Waals surface area contributed by atoms with Gasteiger partial charge in [0.2, 0.25) is 35.4 Å². The summed E-state index contributed by atoms with van der Waals surface area (Å²) in [5, 5.41) is 24.9. The van der Waals surface area contributed by atoms with Crippen LogP contribution in [0.25, 0.3) is 0 Å². The summed E-state index contributed by atoms with van der Waals surface area (Å²) in [5.41, 5.74) is 32.7. The fraction of sp³-hybridized carbons (Fsp3) is 0.727. The van der Waals surface area contributed by atoms with E-state index in [0.29, 0.717) is 44.3 Å². The molecule has 6 amide bonds. The Balaban J connectivity index is 5.60. The SMILES string of the molecule is CSCC[C@H](NC(=O)[C@@H](NC(=O)[C@H](CCCCN)NC(=O)CNC(=O)[C@H](CO)NC(=O)[C@@H](N)CCCN=C(N)N)C(C)C)C(=O)N[C@H](C=O)CCCN=C(N)N. The third-order valence-corrected chi connectivity index (χ3v) is 8.74. The zero-order valence-corrected chi connectivity index (χ0v) is 33.4. The minimum atomic E-state index is -1.42. The lowest BCUT2D eigenvalue weighted by Gasteiger charge is -2.28. The van der Waals surface area contributed by atoms with Crippen molar-refractivity contribution in [2.75, 3.05) is 44.8 Å². The van der Waals surface area contributed by atoms with Gasteiger partial charge < -0.3 is 76.2 Å². The van der Waals surface area contributed by atoms with Gasteiger partial charge in [-0.05, 0) is 75.8 Å². The molecule has 0 aliphatic heterocycles. The zero-order valence-electron chi connectivity index (χ0n) is 32.6. The molecule has 22 nitrogen and oxygen atoms in total. The number of aliphatic hydroxyl groups excluding tert-OH is 1. The number of guanidine groups is 2. The standard InChI is InChI=1S/C33H64N14O8S/c1-19(2)26(31(55)45-23(11-15-56-3)29(53)43-20(17-48)8-6-13-40-32(36)37)47-30(54)22(10-4-5-12-34)44-25(50)16-42-28(52)24(18-49)46-27(51)21(35)9-7-14-41-33(38)39/h17,19-24,26,49H,4-16,18,34-35H2,1-3H3,(H,42,52)(H,43,53)(H,44,50)(H,45,55)(H,46,51)(H,47,54)(H4,36,37,40)(H4,38,39,41)/t20-,21-,22-,23-,24-,26-/m0/s1. The Kier molecular flexibility index (Phi) is 27.0. The molecule has 0 rings (SSSR count). The third kappa shape index (κ3) is 22.6. The van der Waals surface area contributed by atoms with E-state index < -0.39 is 90.8 Å². The number of nitrogens with two attached hydrogens (primary N) is 6. The minimum absolute atomic E-state index is 0.0937. The van der Waals surface area contributed by atoms with Crippen LogP contribution in [0.15, 0.2) is 9.98 Å². The average Bonchev–Trinajstić information content (AvgIpc) is 3.15. The molecule has 0 saturated heterocycles. The molecule has 0 fully saturated rings. The number of hydrogen-bond donors (Lipinski definition) is 13. The second kappa shape index (κ2) is 29.5. The molecule has 0 aromatic rings. The van der Waals surface area contributed by atoms with Crippen LogP contribution < -0.4 is 66.3 Å². The topological polar surface area (TPSA) is 393 Å². The van der Waals surface area contributed by atoms with Crippen LogP contribution in [0.1, 0.15) is 65.2 Å². The summed E-state index contributed by atoms with van der Waals surface area (Å²) in [7, 11) is 0. The molecular weight excluding hydrogens is 753 g/mol. The van der Waals surface area contributed by atoms with E-state index in [-0.39, 0.29) is 50.7 Å². The van der Waals surface area contributed by atoms with E-state index in [1.165, 1.54) is 11.8 Å². The van der Waals surface area contributed by atoms with Crippen LogP contribution in [0.5, 0.6) is 0 Å². The Morgan fingerprint density at radius 2 is 1.27 bits per heavy atom. The summed E-state index contributed by atoms with van der Waals surface area (Å²) in [6.07, 6.45) is 5.01. The van der Waals surface area contributed by atoms with E-state index in [1.54, 1.807) is 13.8 Å². The first kappa shape index (κ1) is 51.3. The van der Waals surface area contributed by atoms with Crippen molar-refractivity contribution in [2.45, 2.75) is 101 Å². The molecular formula is C33H64N14O8S. The number of carbonyl (C=O) groups excluding carboxylic acids is 7. The maximum Gasteiger partial charge on any atom is 0.245 e. The van der Waals surface area contributed by atoms with Crippen LogP contribution in [0.4, 0.5) is 0 Å². The van der Waals surface area contributed by atoms with E-state index in [2.05, 4.69) is 41.9 Å². The molecule has 0 unspecified atom stereocenters. The Morgan fingerprint density at radius 1 is 0.696 bits per heavy atom. The van der Waals surface area contributed by atoms with Gasteiger partial charge in [0.25, 0.3) is 0 Å². The number of amides is 6. The lowest BCUT2D eigenvalue weighted by molar-refractivity contribution is -0.135. The summed E-state index contributed by atoms with van der Waals surface area (Å²) >= 11 is 1.45. The van der Waals surface area contributed by atoms with Gasteiger partial charge in [-0.3, -0.25) is 38.8 Å². The van der Waals surface area contributed by atoms with Gasteiger partial charge in [-0.1, -0.05) is 13.8 Å². The molecule has 23 heteroatoms. The fourth-order valence-corrected chi connectivity index (χ4v) is 5.42. The predicted molar refractivity (Wildman–Crippen MR) is 214 cm³/mol. The number of aldehydes is 1. The van der Waals surface area contributed by atoms with Gasteiger partial charge in [-0.25, -0.2) is 0 Å². The molecule has 0 aromatic heterocycles. The Morgan fingerprint density at radius 3 is 1.80 bits per heavy atom. The predicted octanol–water partition coefficient (Wildman–Crippen LogP) is -5.31. The van der Waals surface area contributed by atoms with Crippen molar-refractivity contribution >= 4 is 65.4 Å². The summed E-state index contributed by atoms with van der Waals surface area (Å²) in [4.78, 5) is 97.8. The molecule has 0 spiro atoms. The van der Waals surface area contributed by atoms with E-state index >= 15 is 0 Å². The highest BCUT2D eigenvalue weighted by Gasteiger charge is 2.32. The Hall–Kier alpha value is -4.74. The van der Waals surface area contributed by atoms with Crippen LogP contribution in [-0.2, 0) is 33.6 Å². The normalized spacial score (nSPS) is 14.1. The minimum Gasteiger partial charge on any atom is -0.394 e. The zero-order chi connectivity index (χ0) is 42.6. The van der Waals surface area contributed by atoms with E-state index in [0.717, 1.165) is 0 Å². The summed E-state index contributed by atoms with van der Waals surface area (Å²) in [6.45, 7) is 2.79. The summed E-state index contributed by atoms with van der Waals surface area (Å²) < 4.78 is 0. The fourth-order valence-electron chi connectivity index (χ4n) is 4.95. The second-order valence-corrected chi connectivity index (χ2v) is 14.2. The van der Waals surface area contributed by atoms with Crippen LogP contribution in [-0.4, -0.2) is 140 Å². The molecule has 0 aliphatic carbocycles. The maximum atomic E-state index is 13.6. The molecule has 0 radical (unpaired) electrons. The molecule has 0 bridgehead atoms. The second-order valence-electron chi connectivity index (χ2n) is 13.2. The monoisotopic (exact) mass is 816 g/mol. The van der Waals surface area contributed by atoms with Gasteiger partial charge in [-0.15, -0.1) is 0 Å². The average molecular weight is 817 g/mol. The first-order valence-corrected chi connectivity index (χ1v) is 19.8. The van der Waals surface area contributed by atoms with Gasteiger partial charge >= 0.3 is 0 Å². The Bertz CT molecular complexity index is 1310. The van der Waals surface area contributed by atoms with Gasteiger partial charge in [0.15, 0.2) is 11.9 Å². The maximum absolute atomic E-state index is 13.6. The molecule has 6 atom stereocenters. The van der Waals surface area contributed by atoms with Gasteiger partial charge in [-0.2, -0.15) is 11.8 Å². The first-order valence-electron chi connectivity index (χ1n) is 18.4. The largest absolute Gasteiger partial charge is 0.394 e. The highest BCUT2D eigenvalue weighted by Crippen LogP contribution is 2.09. The van der Waals surface area contributed by atoms with Crippen LogP contribution in [0.2, 0.25) is 0 Å². The van der Waals surface area contributed by atoms with Crippen molar-refractivity contribution in [3.63, 3.8) is 0 Å². The summed E-state index contributed by atoms with van der Waals surface area (Å²) in [5.74, 6) is -4.47. The van der Waals surface area contributed by atoms with Crippen molar-refractivity contribution in [1.29, 1.82) is 0 Å². The number of nitrogens with one attached hydrogen (secondary N) is 6. The number of carbonyl (C=O) groups is 7. The Labute approximate surface area is 332 Å². The summed E-state index contributed by atoms with van der Waals surface area (Å²) in [6, 6.07) is -6.60. The number of aliphatic hydroxyl groups is 1. The molecule has 19 N–H and O–H groups in total. The van der Waals surface area contributed by atoms with Gasteiger partial charge in [0, 0.05) is 13.1 Å². The van der Waals surface area contributed by atoms with Crippen LogP contribution in [0, 0.1) is 5.92 Å². The molecule has 0 aliphatic rings. The van der Waals surface area contributed by atoms with Crippen molar-refractivity contribution in [1.82, 2.24) is 31.9 Å². The highest BCUT2D eigenvalue weighted by atomic mass is 32.2. The van der Waals surface area contributed by atoms with E-state index in [1.807, 2.05) is 6.26 Å². The number of hydrogen-bond acceptors (Lipinski definition) is 13. The molecule has 0 aromatic carbocycles. The molecule has 0 saturated carbocycles. The number of aliphatic imine (C=N–C) groups is 2. The van der Waals surface area contributed by atoms with Crippen molar-refractivity contribution in [2.24, 2.45) is 50.3 Å². The molecule has 0 heterocycles. The highest BCUT2D eigenvalue weighted by molar-refractivity contribution is 7.98. The number of rotatable bonds is 30. The lowest BCUT2D eigenvalue weighted by Crippen LogP contribution is -2.59. The number of thioether (sulfide) groups is 1. The smallest absolute Gasteiger partial charge is 0.245 e. The van der Waals surface area contributed by atoms with E-state index in [9.17, 15) is 38.7 Å². The number of nitrogens with zero attached hydrogens (tertiary/aromatic N) is 2. The van der Waals surface area contributed by atoms with Gasteiger partial charge in [0.1, 0.15) is 30.5 Å². The van der Waals surface area contributed by atoms with Crippen molar-refractivity contribution < 1.29 is 38.7 Å². The quantitative estimate of drug-likeness (QED) is 0.0139. The van der Waals surface area contributed by atoms with Crippen molar-refractivity contribution in [3.8, 4) is 0 Å². The third-order valence-electron chi connectivity index (χ3n) is 8.09. The molecule has 320 valence electrons. The first-order chi connectivity index (χ1) is 26.5. The van der Waals surface area contributed by atoms with Crippen LogP contribution >= 0.6 is 11.8 Å². The van der Waals surface area contributed by atoms with Gasteiger partial charge in [0.05, 0.1) is 25.2 Å². The molecule has 56 heavy (non-hydrogen) atoms.